The highest BCUT2D eigenvalue weighted by atomic mass is 127. The predicted octanol–water partition coefficient (Wildman–Crippen LogP) is 1.17. The molecule has 0 aromatic rings. The van der Waals surface area contributed by atoms with Crippen LogP contribution in [-0.2, 0) is 0 Å². The van der Waals surface area contributed by atoms with Gasteiger partial charge in [0.25, 0.3) is 0 Å². The minimum absolute atomic E-state index is 0. The standard InChI is InChI=1S/C16H29N5S.HI/c1-17-16(18-5-9-19-10-12-22-13-11-19)21-8-4-15(14-21)20-6-2-3-7-20;/h2-3,15H,4-14H2,1H3,(H,17,18);1H. The first-order chi connectivity index (χ1) is 10.9. The molecule has 0 aliphatic carbocycles. The number of nitrogens with one attached hydrogen (secondary N) is 1. The molecule has 3 aliphatic rings. The Kier molecular flexibility index (Phi) is 8.49. The Morgan fingerprint density at radius 1 is 1.22 bits per heavy atom. The highest BCUT2D eigenvalue weighted by Gasteiger charge is 2.29. The summed E-state index contributed by atoms with van der Waals surface area (Å²) in [6.07, 6.45) is 5.82. The molecule has 1 unspecified atom stereocenters. The van der Waals surface area contributed by atoms with E-state index in [-0.39, 0.29) is 24.0 Å². The van der Waals surface area contributed by atoms with Crippen LogP contribution in [0.1, 0.15) is 6.42 Å². The number of hydrogen-bond donors (Lipinski definition) is 1. The van der Waals surface area contributed by atoms with Crippen LogP contribution in [0, 0.1) is 0 Å². The van der Waals surface area contributed by atoms with Crippen molar-refractivity contribution in [1.82, 2.24) is 20.0 Å². The van der Waals surface area contributed by atoms with Crippen molar-refractivity contribution in [3.63, 3.8) is 0 Å². The van der Waals surface area contributed by atoms with E-state index in [1.54, 1.807) is 0 Å². The van der Waals surface area contributed by atoms with Gasteiger partial charge in [0.15, 0.2) is 5.96 Å². The third-order valence-electron chi connectivity index (χ3n) is 4.85. The largest absolute Gasteiger partial charge is 0.355 e. The zero-order chi connectivity index (χ0) is 15.2. The van der Waals surface area contributed by atoms with Gasteiger partial charge in [-0.3, -0.25) is 14.8 Å². The van der Waals surface area contributed by atoms with Crippen molar-refractivity contribution in [1.29, 1.82) is 0 Å². The molecular formula is C16H30IN5S. The van der Waals surface area contributed by atoms with E-state index in [1.807, 2.05) is 7.05 Å². The van der Waals surface area contributed by atoms with E-state index in [1.165, 1.54) is 31.0 Å². The van der Waals surface area contributed by atoms with Crippen LogP contribution in [0.15, 0.2) is 17.1 Å². The van der Waals surface area contributed by atoms with Gasteiger partial charge in [-0.15, -0.1) is 24.0 Å². The van der Waals surface area contributed by atoms with E-state index in [4.69, 9.17) is 0 Å². The number of thioether (sulfide) groups is 1. The summed E-state index contributed by atoms with van der Waals surface area (Å²) in [4.78, 5) is 12.0. The van der Waals surface area contributed by atoms with E-state index < -0.39 is 0 Å². The molecule has 3 rings (SSSR count). The van der Waals surface area contributed by atoms with Gasteiger partial charge in [-0.05, 0) is 6.42 Å². The summed E-state index contributed by atoms with van der Waals surface area (Å²) < 4.78 is 0. The monoisotopic (exact) mass is 451 g/mol. The summed E-state index contributed by atoms with van der Waals surface area (Å²) in [6, 6.07) is 0.688. The number of likely N-dealkylation sites (tertiary alicyclic amines) is 1. The average molecular weight is 451 g/mol. The van der Waals surface area contributed by atoms with Crippen molar-refractivity contribution in [2.24, 2.45) is 4.99 Å². The molecule has 0 radical (unpaired) electrons. The van der Waals surface area contributed by atoms with Crippen molar-refractivity contribution in [2.75, 3.05) is 70.9 Å². The second kappa shape index (κ2) is 10.1. The molecule has 2 saturated heterocycles. The van der Waals surface area contributed by atoms with Gasteiger partial charge in [0, 0.05) is 77.0 Å². The van der Waals surface area contributed by atoms with Crippen LogP contribution in [0.25, 0.3) is 0 Å². The van der Waals surface area contributed by atoms with Crippen molar-refractivity contribution >= 4 is 41.7 Å². The number of nitrogens with zero attached hydrogens (tertiary/aromatic N) is 4. The van der Waals surface area contributed by atoms with Crippen molar-refractivity contribution < 1.29 is 0 Å². The molecule has 0 saturated carbocycles. The third kappa shape index (κ3) is 5.51. The Labute approximate surface area is 161 Å². The highest BCUT2D eigenvalue weighted by molar-refractivity contribution is 14.0. The second-order valence-corrected chi connectivity index (χ2v) is 7.47. The van der Waals surface area contributed by atoms with Gasteiger partial charge in [0.1, 0.15) is 0 Å². The van der Waals surface area contributed by atoms with Crippen LogP contribution in [0.4, 0.5) is 0 Å². The van der Waals surface area contributed by atoms with Gasteiger partial charge in [-0.25, -0.2) is 0 Å². The molecule has 132 valence electrons. The first-order valence-electron chi connectivity index (χ1n) is 8.51. The molecule has 2 fully saturated rings. The summed E-state index contributed by atoms with van der Waals surface area (Å²) in [6.45, 7) is 9.09. The minimum atomic E-state index is 0. The van der Waals surface area contributed by atoms with Gasteiger partial charge < -0.3 is 10.2 Å². The zero-order valence-electron chi connectivity index (χ0n) is 14.1. The molecule has 5 nitrogen and oxygen atoms in total. The molecule has 0 bridgehead atoms. The number of halogens is 1. The van der Waals surface area contributed by atoms with Crippen LogP contribution >= 0.6 is 35.7 Å². The summed E-state index contributed by atoms with van der Waals surface area (Å²) >= 11 is 2.07. The zero-order valence-corrected chi connectivity index (χ0v) is 17.3. The maximum atomic E-state index is 4.49. The fourth-order valence-corrected chi connectivity index (χ4v) is 4.49. The molecule has 3 aliphatic heterocycles. The van der Waals surface area contributed by atoms with E-state index >= 15 is 0 Å². The molecule has 1 atom stereocenters. The molecule has 1 N–H and O–H groups in total. The Morgan fingerprint density at radius 2 is 1.96 bits per heavy atom. The fraction of sp³-hybridized carbons (Fsp3) is 0.812. The number of hydrogen-bond acceptors (Lipinski definition) is 4. The lowest BCUT2D eigenvalue weighted by Gasteiger charge is -2.28. The molecule has 0 aromatic carbocycles. The molecule has 0 aromatic heterocycles. The number of guanidine groups is 1. The quantitative estimate of drug-likeness (QED) is 0.301. The number of rotatable bonds is 4. The fourth-order valence-electron chi connectivity index (χ4n) is 3.51. The Bertz CT molecular complexity index is 403. The lowest BCUT2D eigenvalue weighted by atomic mass is 10.2. The van der Waals surface area contributed by atoms with Crippen LogP contribution in [0.2, 0.25) is 0 Å². The summed E-state index contributed by atoms with van der Waals surface area (Å²) in [5.74, 6) is 3.65. The second-order valence-electron chi connectivity index (χ2n) is 6.24. The minimum Gasteiger partial charge on any atom is -0.355 e. The number of aliphatic imine (C=N–C) groups is 1. The van der Waals surface area contributed by atoms with E-state index in [2.05, 4.69) is 48.9 Å². The molecule has 3 heterocycles. The van der Waals surface area contributed by atoms with E-state index in [0.29, 0.717) is 6.04 Å². The third-order valence-corrected chi connectivity index (χ3v) is 5.79. The van der Waals surface area contributed by atoms with Gasteiger partial charge >= 0.3 is 0 Å². The molecular weight excluding hydrogens is 421 g/mol. The topological polar surface area (TPSA) is 34.1 Å². The molecule has 7 heteroatoms. The maximum Gasteiger partial charge on any atom is 0.193 e. The Balaban J connectivity index is 0.00000192. The van der Waals surface area contributed by atoms with Gasteiger partial charge in [-0.1, -0.05) is 12.2 Å². The van der Waals surface area contributed by atoms with Crippen LogP contribution in [0.5, 0.6) is 0 Å². The Morgan fingerprint density at radius 3 is 2.65 bits per heavy atom. The van der Waals surface area contributed by atoms with Crippen LogP contribution in [-0.4, -0.2) is 97.6 Å². The summed E-state index contributed by atoms with van der Waals surface area (Å²) in [5, 5.41) is 3.56. The van der Waals surface area contributed by atoms with Crippen molar-refractivity contribution in [3.8, 4) is 0 Å². The summed E-state index contributed by atoms with van der Waals surface area (Å²) in [5.41, 5.74) is 0. The van der Waals surface area contributed by atoms with Crippen LogP contribution < -0.4 is 5.32 Å². The van der Waals surface area contributed by atoms with E-state index in [0.717, 1.165) is 45.2 Å². The average Bonchev–Trinajstić information content (AvgIpc) is 3.23. The smallest absolute Gasteiger partial charge is 0.193 e. The first-order valence-corrected chi connectivity index (χ1v) is 9.67. The van der Waals surface area contributed by atoms with E-state index in [9.17, 15) is 0 Å². The molecule has 0 amide bonds. The Hall–Kier alpha value is 0.01000. The normalized spacial score (nSPS) is 26.6. The van der Waals surface area contributed by atoms with Gasteiger partial charge in [0.2, 0.25) is 0 Å². The van der Waals surface area contributed by atoms with Crippen LogP contribution in [0.3, 0.4) is 0 Å². The SMILES string of the molecule is CN=C(NCCN1CCSCC1)N1CCC(N2CC=CC2)C1.I. The predicted molar refractivity (Wildman–Crippen MR) is 111 cm³/mol. The summed E-state index contributed by atoms with van der Waals surface area (Å²) in [7, 11) is 1.91. The molecule has 0 spiro atoms. The lowest BCUT2D eigenvalue weighted by molar-refractivity contribution is 0.259. The molecule has 23 heavy (non-hydrogen) atoms. The van der Waals surface area contributed by atoms with Crippen molar-refractivity contribution in [3.05, 3.63) is 12.2 Å². The first kappa shape index (κ1) is 19.3. The van der Waals surface area contributed by atoms with Crippen molar-refractivity contribution in [2.45, 2.75) is 12.5 Å². The van der Waals surface area contributed by atoms with Gasteiger partial charge in [0.05, 0.1) is 0 Å². The maximum absolute atomic E-state index is 4.49. The highest BCUT2D eigenvalue weighted by Crippen LogP contribution is 2.17. The lowest BCUT2D eigenvalue weighted by Crippen LogP contribution is -2.45. The van der Waals surface area contributed by atoms with Gasteiger partial charge in [-0.2, -0.15) is 11.8 Å².